The molecule has 0 spiro atoms. The fraction of sp³-hybridized carbons (Fsp3) is 0.500. The summed E-state index contributed by atoms with van der Waals surface area (Å²) in [6, 6.07) is 10.7. The molecule has 90 valence electrons. The number of amides is 1. The van der Waals surface area contributed by atoms with E-state index in [-0.39, 0.29) is 5.91 Å². The highest BCUT2D eigenvalue weighted by molar-refractivity contribution is 5.94. The number of likely N-dealkylation sites (N-methyl/N-ethyl adjacent to an activating group) is 1. The minimum atomic E-state index is 0.203. The van der Waals surface area contributed by atoms with Gasteiger partial charge in [0.2, 0.25) is 0 Å². The third-order valence-electron chi connectivity index (χ3n) is 4.04. The van der Waals surface area contributed by atoms with Crippen molar-refractivity contribution >= 4 is 5.91 Å². The van der Waals surface area contributed by atoms with Crippen molar-refractivity contribution in [2.75, 3.05) is 19.6 Å². The van der Waals surface area contributed by atoms with Crippen LogP contribution in [0.1, 0.15) is 23.7 Å². The van der Waals surface area contributed by atoms with Gasteiger partial charge in [-0.25, -0.2) is 0 Å². The number of hydrogen-bond acceptors (Lipinski definition) is 2. The van der Waals surface area contributed by atoms with Crippen LogP contribution in [0, 0.1) is 0 Å². The van der Waals surface area contributed by atoms with Gasteiger partial charge in [-0.05, 0) is 25.1 Å². The highest BCUT2D eigenvalue weighted by atomic mass is 16.2. The average Bonchev–Trinajstić information content (AvgIpc) is 2.98. The molecule has 0 N–H and O–H groups in total. The van der Waals surface area contributed by atoms with Crippen LogP contribution < -0.4 is 0 Å². The summed E-state index contributed by atoms with van der Waals surface area (Å²) in [7, 11) is 0. The Morgan fingerprint density at radius 3 is 2.59 bits per heavy atom. The molecule has 3 nitrogen and oxygen atoms in total. The first-order valence-electron chi connectivity index (χ1n) is 6.39. The maximum atomic E-state index is 12.3. The molecule has 3 rings (SSSR count). The Hall–Kier alpha value is -1.35. The van der Waals surface area contributed by atoms with Crippen LogP contribution in [0.3, 0.4) is 0 Å². The van der Waals surface area contributed by atoms with Crippen molar-refractivity contribution in [3.8, 4) is 0 Å². The number of fused-ring (bicyclic) bond motifs is 2. The molecule has 0 radical (unpaired) electrons. The molecule has 0 saturated carbocycles. The van der Waals surface area contributed by atoms with Crippen molar-refractivity contribution in [1.82, 2.24) is 9.80 Å². The minimum Gasteiger partial charge on any atom is -0.333 e. The molecule has 2 fully saturated rings. The second-order valence-electron chi connectivity index (χ2n) is 4.95. The van der Waals surface area contributed by atoms with Gasteiger partial charge in [-0.1, -0.05) is 25.1 Å². The van der Waals surface area contributed by atoms with Crippen LogP contribution in [0.4, 0.5) is 0 Å². The van der Waals surface area contributed by atoms with Crippen molar-refractivity contribution in [3.05, 3.63) is 35.9 Å². The van der Waals surface area contributed by atoms with Gasteiger partial charge in [-0.15, -0.1) is 0 Å². The van der Waals surface area contributed by atoms with E-state index in [1.165, 1.54) is 0 Å². The molecule has 2 bridgehead atoms. The maximum Gasteiger partial charge on any atom is 0.254 e. The van der Waals surface area contributed by atoms with E-state index in [1.807, 2.05) is 30.3 Å². The molecule has 2 saturated heterocycles. The fourth-order valence-electron chi connectivity index (χ4n) is 3.13. The van der Waals surface area contributed by atoms with E-state index in [4.69, 9.17) is 0 Å². The van der Waals surface area contributed by atoms with Gasteiger partial charge in [0, 0.05) is 30.7 Å². The van der Waals surface area contributed by atoms with Crippen LogP contribution in [-0.2, 0) is 0 Å². The number of likely N-dealkylation sites (tertiary alicyclic amines) is 2. The van der Waals surface area contributed by atoms with Crippen molar-refractivity contribution < 1.29 is 4.79 Å². The molecule has 0 aliphatic carbocycles. The molecule has 1 amide bonds. The summed E-state index contributed by atoms with van der Waals surface area (Å²) < 4.78 is 0. The number of carbonyl (C=O) groups is 1. The van der Waals surface area contributed by atoms with E-state index in [1.54, 1.807) is 0 Å². The van der Waals surface area contributed by atoms with Crippen LogP contribution in [0.5, 0.6) is 0 Å². The Bertz CT molecular complexity index is 417. The van der Waals surface area contributed by atoms with Crippen LogP contribution in [0.15, 0.2) is 30.3 Å². The van der Waals surface area contributed by atoms with Gasteiger partial charge in [0.05, 0.1) is 0 Å². The third-order valence-corrected chi connectivity index (χ3v) is 4.04. The van der Waals surface area contributed by atoms with Crippen LogP contribution in [0.25, 0.3) is 0 Å². The van der Waals surface area contributed by atoms with E-state index < -0.39 is 0 Å². The number of rotatable bonds is 2. The van der Waals surface area contributed by atoms with Crippen LogP contribution >= 0.6 is 0 Å². The molecule has 1 aromatic rings. The predicted molar refractivity (Wildman–Crippen MR) is 66.9 cm³/mol. The number of nitrogens with zero attached hydrogens (tertiary/aromatic N) is 2. The van der Waals surface area contributed by atoms with Gasteiger partial charge in [0.15, 0.2) is 0 Å². The Labute approximate surface area is 102 Å². The molecular formula is C14H18N2O. The number of hydrogen-bond donors (Lipinski definition) is 0. The first-order valence-corrected chi connectivity index (χ1v) is 6.39. The zero-order valence-corrected chi connectivity index (χ0v) is 10.2. The van der Waals surface area contributed by atoms with Gasteiger partial charge in [0.1, 0.15) is 0 Å². The van der Waals surface area contributed by atoms with Gasteiger partial charge >= 0.3 is 0 Å². The smallest absolute Gasteiger partial charge is 0.254 e. The third kappa shape index (κ3) is 1.75. The predicted octanol–water partition coefficient (Wildman–Crippen LogP) is 1.61. The lowest BCUT2D eigenvalue weighted by Gasteiger charge is -2.33. The molecule has 0 aromatic heterocycles. The molecular weight excluding hydrogens is 212 g/mol. The molecule has 1 aromatic carbocycles. The Morgan fingerprint density at radius 2 is 2.00 bits per heavy atom. The summed E-state index contributed by atoms with van der Waals surface area (Å²) in [5.74, 6) is 0.203. The highest BCUT2D eigenvalue weighted by Gasteiger charge is 2.44. The summed E-state index contributed by atoms with van der Waals surface area (Å²) in [6.45, 7) is 5.27. The molecule has 2 heterocycles. The van der Waals surface area contributed by atoms with Crippen molar-refractivity contribution in [2.24, 2.45) is 0 Å². The van der Waals surface area contributed by atoms with E-state index in [0.29, 0.717) is 12.1 Å². The molecule has 2 atom stereocenters. The second kappa shape index (κ2) is 4.15. The molecule has 2 aliphatic heterocycles. The number of carbonyl (C=O) groups excluding carboxylic acids is 1. The van der Waals surface area contributed by atoms with Crippen molar-refractivity contribution in [1.29, 1.82) is 0 Å². The second-order valence-corrected chi connectivity index (χ2v) is 4.95. The summed E-state index contributed by atoms with van der Waals surface area (Å²) in [5.41, 5.74) is 0.822. The number of piperazine rings is 1. The Morgan fingerprint density at radius 1 is 1.24 bits per heavy atom. The average molecular weight is 230 g/mol. The van der Waals surface area contributed by atoms with Crippen LogP contribution in [-0.4, -0.2) is 47.4 Å². The van der Waals surface area contributed by atoms with Crippen molar-refractivity contribution in [3.63, 3.8) is 0 Å². The number of benzene rings is 1. The van der Waals surface area contributed by atoms with Crippen molar-refractivity contribution in [2.45, 2.75) is 25.4 Å². The topological polar surface area (TPSA) is 23.6 Å². The summed E-state index contributed by atoms with van der Waals surface area (Å²) in [5, 5.41) is 0. The van der Waals surface area contributed by atoms with E-state index >= 15 is 0 Å². The Balaban J connectivity index is 1.74. The van der Waals surface area contributed by atoms with Gasteiger partial charge in [-0.3, -0.25) is 9.69 Å². The van der Waals surface area contributed by atoms with E-state index in [9.17, 15) is 4.79 Å². The first kappa shape index (κ1) is 10.8. The fourth-order valence-corrected chi connectivity index (χ4v) is 3.13. The Kier molecular flexibility index (Phi) is 2.63. The van der Waals surface area contributed by atoms with E-state index in [2.05, 4.69) is 16.7 Å². The van der Waals surface area contributed by atoms with E-state index in [0.717, 1.165) is 31.6 Å². The maximum absolute atomic E-state index is 12.3. The largest absolute Gasteiger partial charge is 0.333 e. The quantitative estimate of drug-likeness (QED) is 0.770. The standard InChI is InChI=1S/C14H18N2O/c1-2-15-9-13-8-12(15)10-16(13)14(17)11-6-4-3-5-7-11/h3-7,12-13H,2,8-10H2,1H3/t12-,13-/m0/s1. The van der Waals surface area contributed by atoms with Gasteiger partial charge < -0.3 is 4.90 Å². The summed E-state index contributed by atoms with van der Waals surface area (Å²) >= 11 is 0. The minimum absolute atomic E-state index is 0.203. The lowest BCUT2D eigenvalue weighted by atomic mass is 10.2. The molecule has 17 heavy (non-hydrogen) atoms. The highest BCUT2D eigenvalue weighted by Crippen LogP contribution is 2.31. The van der Waals surface area contributed by atoms with Gasteiger partial charge in [-0.2, -0.15) is 0 Å². The normalized spacial score (nSPS) is 27.7. The monoisotopic (exact) mass is 230 g/mol. The first-order chi connectivity index (χ1) is 8.29. The molecule has 0 unspecified atom stereocenters. The zero-order valence-electron chi connectivity index (χ0n) is 10.2. The molecule has 3 heteroatoms. The summed E-state index contributed by atoms with van der Waals surface area (Å²) in [6.07, 6.45) is 1.16. The molecule has 2 aliphatic rings. The summed E-state index contributed by atoms with van der Waals surface area (Å²) in [4.78, 5) is 16.9. The lowest BCUT2D eigenvalue weighted by molar-refractivity contribution is 0.0630. The lowest BCUT2D eigenvalue weighted by Crippen LogP contribution is -2.48. The SMILES string of the molecule is CCN1C[C@@H]2C[C@H]1CN2C(=O)c1ccccc1. The van der Waals surface area contributed by atoms with Gasteiger partial charge in [0.25, 0.3) is 5.91 Å². The van der Waals surface area contributed by atoms with Crippen LogP contribution in [0.2, 0.25) is 0 Å². The zero-order chi connectivity index (χ0) is 11.8.